The molecule has 24 heavy (non-hydrogen) atoms. The highest BCUT2D eigenvalue weighted by Crippen LogP contribution is 2.27. The van der Waals surface area contributed by atoms with Gasteiger partial charge in [-0.25, -0.2) is 4.68 Å². The van der Waals surface area contributed by atoms with Crippen LogP contribution in [0.4, 0.5) is 0 Å². The summed E-state index contributed by atoms with van der Waals surface area (Å²) >= 11 is 0. The minimum atomic E-state index is 0.0289. The molecule has 2 aromatic rings. The maximum atomic E-state index is 12.5. The van der Waals surface area contributed by atoms with Gasteiger partial charge < -0.3 is 10.6 Å². The Labute approximate surface area is 142 Å². The lowest BCUT2D eigenvalue weighted by Crippen LogP contribution is -2.48. The molecule has 3 heterocycles. The van der Waals surface area contributed by atoms with Gasteiger partial charge in [-0.1, -0.05) is 0 Å². The predicted molar refractivity (Wildman–Crippen MR) is 93.5 cm³/mol. The van der Waals surface area contributed by atoms with Gasteiger partial charge in [-0.2, -0.15) is 5.10 Å². The Morgan fingerprint density at radius 2 is 1.83 bits per heavy atom. The molecule has 1 amide bonds. The number of hydrogen-bond acceptors (Lipinski definition) is 3. The van der Waals surface area contributed by atoms with Crippen molar-refractivity contribution in [2.75, 3.05) is 0 Å². The van der Waals surface area contributed by atoms with Crippen LogP contribution in [0.25, 0.3) is 5.69 Å². The number of aryl methyl sites for hydroxylation is 2. The number of fused-ring (bicyclic) bond motifs is 2. The molecule has 2 saturated heterocycles. The molecular weight excluding hydrogens is 300 g/mol. The van der Waals surface area contributed by atoms with Crippen LogP contribution in [-0.2, 0) is 0 Å². The first-order valence-corrected chi connectivity index (χ1v) is 8.79. The molecule has 0 saturated carbocycles. The van der Waals surface area contributed by atoms with E-state index in [9.17, 15) is 4.79 Å². The summed E-state index contributed by atoms with van der Waals surface area (Å²) in [6.45, 7) is 4.02. The van der Waals surface area contributed by atoms with Crippen molar-refractivity contribution in [2.24, 2.45) is 0 Å². The molecule has 0 aliphatic carbocycles. The van der Waals surface area contributed by atoms with Gasteiger partial charge in [-0.15, -0.1) is 0 Å². The van der Waals surface area contributed by atoms with E-state index >= 15 is 0 Å². The summed E-state index contributed by atoms with van der Waals surface area (Å²) in [4.78, 5) is 12.5. The second kappa shape index (κ2) is 6.06. The third kappa shape index (κ3) is 2.96. The molecule has 2 aliphatic rings. The molecule has 2 N–H and O–H groups in total. The van der Waals surface area contributed by atoms with E-state index in [0.717, 1.165) is 29.9 Å². The van der Waals surface area contributed by atoms with Crippen LogP contribution < -0.4 is 10.6 Å². The second-order valence-electron chi connectivity index (χ2n) is 7.17. The molecule has 2 atom stereocenters. The number of piperidine rings is 1. The molecule has 1 aromatic heterocycles. The van der Waals surface area contributed by atoms with Crippen molar-refractivity contribution in [1.82, 2.24) is 20.4 Å². The minimum absolute atomic E-state index is 0.0289. The summed E-state index contributed by atoms with van der Waals surface area (Å²) in [6, 6.07) is 11.2. The molecular formula is C19H24N4O. The number of carbonyl (C=O) groups excluding carboxylic acids is 1. The molecule has 0 radical (unpaired) electrons. The van der Waals surface area contributed by atoms with Crippen LogP contribution in [0.2, 0.25) is 0 Å². The van der Waals surface area contributed by atoms with E-state index in [1.54, 1.807) is 0 Å². The Kier molecular flexibility index (Phi) is 3.88. The Morgan fingerprint density at radius 1 is 1.17 bits per heavy atom. The van der Waals surface area contributed by atoms with Gasteiger partial charge in [0.25, 0.3) is 5.91 Å². The molecule has 0 spiro atoms. The fraction of sp³-hybridized carbons (Fsp3) is 0.474. The third-order valence-electron chi connectivity index (χ3n) is 5.19. The highest BCUT2D eigenvalue weighted by molar-refractivity contribution is 5.94. The Balaban J connectivity index is 1.44. The summed E-state index contributed by atoms with van der Waals surface area (Å²) in [5.74, 6) is 0.0289. The average molecular weight is 324 g/mol. The molecule has 2 bridgehead atoms. The largest absolute Gasteiger partial charge is 0.349 e. The number of nitrogens with one attached hydrogen (secondary N) is 2. The normalized spacial score (nSPS) is 25.7. The molecule has 2 unspecified atom stereocenters. The second-order valence-corrected chi connectivity index (χ2v) is 7.17. The Hall–Kier alpha value is -2.14. The topological polar surface area (TPSA) is 59.0 Å². The highest BCUT2D eigenvalue weighted by Gasteiger charge is 2.34. The predicted octanol–water partition coefficient (Wildman–Crippen LogP) is 2.50. The molecule has 2 fully saturated rings. The maximum Gasteiger partial charge on any atom is 0.251 e. The van der Waals surface area contributed by atoms with Gasteiger partial charge in [-0.05, 0) is 69.9 Å². The first kappa shape index (κ1) is 15.4. The van der Waals surface area contributed by atoms with Crippen LogP contribution in [0.5, 0.6) is 0 Å². The average Bonchev–Trinajstić information content (AvgIpc) is 3.08. The lowest BCUT2D eigenvalue weighted by molar-refractivity contribution is 0.0924. The SMILES string of the molecule is Cc1cc(C)n(-c2ccc(C(=O)NC3CC4CCC(C3)N4)cc2)n1. The lowest BCUT2D eigenvalue weighted by atomic mass is 9.99. The zero-order valence-corrected chi connectivity index (χ0v) is 14.2. The first-order valence-electron chi connectivity index (χ1n) is 8.79. The van der Waals surface area contributed by atoms with Crippen molar-refractivity contribution in [3.63, 3.8) is 0 Å². The molecule has 126 valence electrons. The van der Waals surface area contributed by atoms with Crippen molar-refractivity contribution in [3.05, 3.63) is 47.3 Å². The van der Waals surface area contributed by atoms with E-state index in [1.807, 2.05) is 48.9 Å². The van der Waals surface area contributed by atoms with E-state index in [4.69, 9.17) is 0 Å². The maximum absolute atomic E-state index is 12.5. The van der Waals surface area contributed by atoms with Crippen molar-refractivity contribution in [1.29, 1.82) is 0 Å². The number of benzene rings is 1. The van der Waals surface area contributed by atoms with Crippen molar-refractivity contribution >= 4 is 5.91 Å². The van der Waals surface area contributed by atoms with Gasteiger partial charge in [0.1, 0.15) is 0 Å². The van der Waals surface area contributed by atoms with E-state index in [0.29, 0.717) is 23.7 Å². The van der Waals surface area contributed by atoms with Gasteiger partial charge in [-0.3, -0.25) is 4.79 Å². The van der Waals surface area contributed by atoms with Crippen LogP contribution in [-0.4, -0.2) is 33.8 Å². The van der Waals surface area contributed by atoms with Gasteiger partial charge in [0.15, 0.2) is 0 Å². The van der Waals surface area contributed by atoms with Gasteiger partial charge in [0, 0.05) is 29.4 Å². The number of carbonyl (C=O) groups is 1. The molecule has 4 rings (SSSR count). The quantitative estimate of drug-likeness (QED) is 0.912. The van der Waals surface area contributed by atoms with Crippen molar-refractivity contribution < 1.29 is 4.79 Å². The summed E-state index contributed by atoms with van der Waals surface area (Å²) in [5.41, 5.74) is 3.79. The fourth-order valence-electron chi connectivity index (χ4n) is 4.09. The van der Waals surface area contributed by atoms with Crippen molar-refractivity contribution in [2.45, 2.75) is 57.7 Å². The third-order valence-corrected chi connectivity index (χ3v) is 5.19. The number of aromatic nitrogens is 2. The van der Waals surface area contributed by atoms with E-state index in [2.05, 4.69) is 15.7 Å². The number of hydrogen-bond donors (Lipinski definition) is 2. The van der Waals surface area contributed by atoms with Crippen LogP contribution >= 0.6 is 0 Å². The zero-order chi connectivity index (χ0) is 16.7. The van der Waals surface area contributed by atoms with Crippen LogP contribution in [0.3, 0.4) is 0 Å². The van der Waals surface area contributed by atoms with Gasteiger partial charge in [0.2, 0.25) is 0 Å². The number of rotatable bonds is 3. The summed E-state index contributed by atoms with van der Waals surface area (Å²) in [7, 11) is 0. The molecule has 5 heteroatoms. The first-order chi connectivity index (χ1) is 11.6. The van der Waals surface area contributed by atoms with E-state index < -0.39 is 0 Å². The zero-order valence-electron chi connectivity index (χ0n) is 14.2. The lowest BCUT2D eigenvalue weighted by Gasteiger charge is -2.29. The summed E-state index contributed by atoms with van der Waals surface area (Å²) in [6.07, 6.45) is 4.58. The van der Waals surface area contributed by atoms with Crippen LogP contribution in [0.15, 0.2) is 30.3 Å². The summed E-state index contributed by atoms with van der Waals surface area (Å²) in [5, 5.41) is 11.3. The smallest absolute Gasteiger partial charge is 0.251 e. The van der Waals surface area contributed by atoms with Gasteiger partial charge >= 0.3 is 0 Å². The molecule has 2 aliphatic heterocycles. The molecule has 1 aromatic carbocycles. The highest BCUT2D eigenvalue weighted by atomic mass is 16.1. The number of amides is 1. The molecule has 5 nitrogen and oxygen atoms in total. The summed E-state index contributed by atoms with van der Waals surface area (Å²) < 4.78 is 1.90. The van der Waals surface area contributed by atoms with Crippen LogP contribution in [0, 0.1) is 13.8 Å². The van der Waals surface area contributed by atoms with E-state index in [-0.39, 0.29) is 5.91 Å². The minimum Gasteiger partial charge on any atom is -0.349 e. The van der Waals surface area contributed by atoms with Crippen LogP contribution in [0.1, 0.15) is 47.4 Å². The Bertz CT molecular complexity index is 737. The fourth-order valence-corrected chi connectivity index (χ4v) is 4.09. The van der Waals surface area contributed by atoms with Crippen molar-refractivity contribution in [3.8, 4) is 5.69 Å². The van der Waals surface area contributed by atoms with Gasteiger partial charge in [0.05, 0.1) is 11.4 Å². The van der Waals surface area contributed by atoms with E-state index in [1.165, 1.54) is 12.8 Å². The monoisotopic (exact) mass is 324 g/mol. The number of nitrogens with zero attached hydrogens (tertiary/aromatic N) is 2. The standard InChI is InChI=1S/C19H24N4O/c1-12-9-13(2)23(22-12)18-7-3-14(4-8-18)19(24)21-17-10-15-5-6-16(11-17)20-15/h3-4,7-9,15-17,20H,5-6,10-11H2,1-2H3,(H,21,24). The Morgan fingerprint density at radius 3 is 2.42 bits per heavy atom.